The molecule has 2 aromatic rings. The number of hydrogen-bond acceptors (Lipinski definition) is 3. The molecule has 0 radical (unpaired) electrons. The Labute approximate surface area is 110 Å². The Hall–Kier alpha value is -2.14. The SMILES string of the molecule is O=C(NC(=S)NCc1ccccc1)c1ccco1. The normalized spacial score (nSPS) is 9.78. The first kappa shape index (κ1) is 12.3. The molecular weight excluding hydrogens is 248 g/mol. The van der Waals surface area contributed by atoms with Gasteiger partial charge in [0.15, 0.2) is 10.9 Å². The largest absolute Gasteiger partial charge is 0.459 e. The third-order valence-electron chi connectivity index (χ3n) is 2.27. The smallest absolute Gasteiger partial charge is 0.293 e. The van der Waals surface area contributed by atoms with Crippen molar-refractivity contribution in [3.63, 3.8) is 0 Å². The van der Waals surface area contributed by atoms with Gasteiger partial charge in [0.2, 0.25) is 0 Å². The van der Waals surface area contributed by atoms with E-state index in [4.69, 9.17) is 16.6 Å². The van der Waals surface area contributed by atoms with Crippen molar-refractivity contribution in [1.29, 1.82) is 0 Å². The minimum Gasteiger partial charge on any atom is -0.459 e. The number of furan rings is 1. The van der Waals surface area contributed by atoms with Crippen LogP contribution in [0, 0.1) is 0 Å². The van der Waals surface area contributed by atoms with Gasteiger partial charge < -0.3 is 9.73 Å². The minimum absolute atomic E-state index is 0.235. The summed E-state index contributed by atoms with van der Waals surface area (Å²) in [6, 6.07) is 13.0. The summed E-state index contributed by atoms with van der Waals surface area (Å²) in [4.78, 5) is 11.6. The molecule has 0 saturated heterocycles. The highest BCUT2D eigenvalue weighted by Gasteiger charge is 2.09. The lowest BCUT2D eigenvalue weighted by Gasteiger charge is -2.08. The molecule has 1 aromatic heterocycles. The molecule has 0 fully saturated rings. The summed E-state index contributed by atoms with van der Waals surface area (Å²) in [5, 5.41) is 5.77. The van der Waals surface area contributed by atoms with Crippen LogP contribution in [0.3, 0.4) is 0 Å². The highest BCUT2D eigenvalue weighted by molar-refractivity contribution is 7.80. The van der Waals surface area contributed by atoms with E-state index in [0.717, 1.165) is 5.56 Å². The van der Waals surface area contributed by atoms with Crippen LogP contribution in [0.1, 0.15) is 16.1 Å². The number of amides is 1. The maximum absolute atomic E-state index is 11.6. The van der Waals surface area contributed by atoms with Crippen molar-refractivity contribution >= 4 is 23.2 Å². The van der Waals surface area contributed by atoms with E-state index in [1.807, 2.05) is 30.3 Å². The second-order valence-corrected chi connectivity index (χ2v) is 4.01. The lowest BCUT2D eigenvalue weighted by molar-refractivity contribution is 0.0949. The van der Waals surface area contributed by atoms with Crippen molar-refractivity contribution < 1.29 is 9.21 Å². The number of hydrogen-bond donors (Lipinski definition) is 2. The van der Waals surface area contributed by atoms with Crippen molar-refractivity contribution in [2.75, 3.05) is 0 Å². The van der Waals surface area contributed by atoms with Gasteiger partial charge in [0, 0.05) is 6.54 Å². The van der Waals surface area contributed by atoms with E-state index < -0.39 is 0 Å². The predicted octanol–water partition coefficient (Wildman–Crippen LogP) is 2.08. The molecule has 5 heteroatoms. The third-order valence-corrected chi connectivity index (χ3v) is 2.51. The van der Waals surface area contributed by atoms with E-state index in [1.54, 1.807) is 12.1 Å². The van der Waals surface area contributed by atoms with E-state index >= 15 is 0 Å². The van der Waals surface area contributed by atoms with Crippen LogP contribution in [0.4, 0.5) is 0 Å². The Bertz CT molecular complexity index is 523. The van der Waals surface area contributed by atoms with Crippen LogP contribution < -0.4 is 10.6 Å². The van der Waals surface area contributed by atoms with Gasteiger partial charge in [-0.3, -0.25) is 10.1 Å². The Morgan fingerprint density at radius 3 is 2.61 bits per heavy atom. The fraction of sp³-hybridized carbons (Fsp3) is 0.0769. The summed E-state index contributed by atoms with van der Waals surface area (Å²) < 4.78 is 4.96. The molecule has 1 aromatic carbocycles. The van der Waals surface area contributed by atoms with Crippen molar-refractivity contribution in [3.8, 4) is 0 Å². The minimum atomic E-state index is -0.356. The maximum atomic E-state index is 11.6. The van der Waals surface area contributed by atoms with E-state index in [2.05, 4.69) is 10.6 Å². The number of carbonyl (C=O) groups is 1. The monoisotopic (exact) mass is 260 g/mol. The molecule has 92 valence electrons. The molecule has 0 spiro atoms. The summed E-state index contributed by atoms with van der Waals surface area (Å²) in [7, 11) is 0. The Kier molecular flexibility index (Phi) is 4.09. The number of benzene rings is 1. The summed E-state index contributed by atoms with van der Waals surface area (Å²) in [5.41, 5.74) is 1.09. The first-order valence-corrected chi connectivity index (χ1v) is 5.83. The molecule has 0 aliphatic carbocycles. The van der Waals surface area contributed by atoms with Crippen LogP contribution in [0.2, 0.25) is 0 Å². The molecule has 1 amide bonds. The molecule has 0 bridgehead atoms. The molecule has 0 saturated carbocycles. The Morgan fingerprint density at radius 2 is 1.94 bits per heavy atom. The van der Waals surface area contributed by atoms with Crippen molar-refractivity contribution in [3.05, 3.63) is 60.1 Å². The van der Waals surface area contributed by atoms with Gasteiger partial charge >= 0.3 is 0 Å². The number of nitrogens with one attached hydrogen (secondary N) is 2. The van der Waals surface area contributed by atoms with Gasteiger partial charge in [-0.25, -0.2) is 0 Å². The van der Waals surface area contributed by atoms with E-state index in [9.17, 15) is 4.79 Å². The summed E-state index contributed by atoms with van der Waals surface area (Å²) >= 11 is 5.02. The highest BCUT2D eigenvalue weighted by Crippen LogP contribution is 1.99. The van der Waals surface area contributed by atoms with Crippen LogP contribution in [0.5, 0.6) is 0 Å². The molecule has 2 N–H and O–H groups in total. The first-order valence-electron chi connectivity index (χ1n) is 5.42. The van der Waals surface area contributed by atoms with Crippen molar-refractivity contribution in [1.82, 2.24) is 10.6 Å². The van der Waals surface area contributed by atoms with Crippen LogP contribution >= 0.6 is 12.2 Å². The lowest BCUT2D eigenvalue weighted by Crippen LogP contribution is -2.38. The highest BCUT2D eigenvalue weighted by atomic mass is 32.1. The second kappa shape index (κ2) is 5.97. The molecule has 0 aliphatic heterocycles. The standard InChI is InChI=1S/C13H12N2O2S/c16-12(11-7-4-8-17-11)15-13(18)14-9-10-5-2-1-3-6-10/h1-8H,9H2,(H2,14,15,16,18). The van der Waals surface area contributed by atoms with E-state index in [-0.39, 0.29) is 16.8 Å². The molecule has 2 rings (SSSR count). The molecule has 0 atom stereocenters. The average molecular weight is 260 g/mol. The van der Waals surface area contributed by atoms with Crippen LogP contribution in [0.25, 0.3) is 0 Å². The fourth-order valence-corrected chi connectivity index (χ4v) is 1.56. The second-order valence-electron chi connectivity index (χ2n) is 3.60. The van der Waals surface area contributed by atoms with Gasteiger partial charge in [-0.15, -0.1) is 0 Å². The quantitative estimate of drug-likeness (QED) is 0.830. The van der Waals surface area contributed by atoms with E-state index in [0.29, 0.717) is 6.54 Å². The van der Waals surface area contributed by atoms with Gasteiger partial charge in [0.05, 0.1) is 6.26 Å². The van der Waals surface area contributed by atoms with Crippen LogP contribution in [0.15, 0.2) is 53.1 Å². The molecule has 18 heavy (non-hydrogen) atoms. The summed E-state index contributed by atoms with van der Waals surface area (Å²) in [6.07, 6.45) is 1.44. The topological polar surface area (TPSA) is 54.3 Å². The molecule has 4 nitrogen and oxygen atoms in total. The number of rotatable bonds is 3. The van der Waals surface area contributed by atoms with Crippen molar-refractivity contribution in [2.24, 2.45) is 0 Å². The predicted molar refractivity (Wildman–Crippen MR) is 72.1 cm³/mol. The first-order chi connectivity index (χ1) is 8.75. The summed E-state index contributed by atoms with van der Waals surface area (Å²) in [6.45, 7) is 0.568. The Morgan fingerprint density at radius 1 is 1.17 bits per heavy atom. The zero-order valence-corrected chi connectivity index (χ0v) is 10.4. The Balaban J connectivity index is 1.81. The van der Waals surface area contributed by atoms with Crippen LogP contribution in [-0.4, -0.2) is 11.0 Å². The van der Waals surface area contributed by atoms with Gasteiger partial charge in [-0.1, -0.05) is 30.3 Å². The third kappa shape index (κ3) is 3.43. The summed E-state index contributed by atoms with van der Waals surface area (Å²) in [5.74, 6) is -0.121. The fourth-order valence-electron chi connectivity index (χ4n) is 1.39. The average Bonchev–Trinajstić information content (AvgIpc) is 2.91. The van der Waals surface area contributed by atoms with Crippen LogP contribution in [-0.2, 0) is 6.54 Å². The van der Waals surface area contributed by atoms with Crippen molar-refractivity contribution in [2.45, 2.75) is 6.54 Å². The maximum Gasteiger partial charge on any atom is 0.293 e. The molecule has 0 aliphatic rings. The zero-order chi connectivity index (χ0) is 12.8. The van der Waals surface area contributed by atoms with Gasteiger partial charge in [-0.2, -0.15) is 0 Å². The molecule has 0 unspecified atom stereocenters. The zero-order valence-electron chi connectivity index (χ0n) is 9.55. The van der Waals surface area contributed by atoms with E-state index in [1.165, 1.54) is 6.26 Å². The van der Waals surface area contributed by atoms with Gasteiger partial charge in [0.25, 0.3) is 5.91 Å². The lowest BCUT2D eigenvalue weighted by atomic mass is 10.2. The molecular formula is C13H12N2O2S. The molecule has 1 heterocycles. The van der Waals surface area contributed by atoms with Gasteiger partial charge in [-0.05, 0) is 29.9 Å². The number of carbonyl (C=O) groups excluding carboxylic acids is 1. The number of thiocarbonyl (C=S) groups is 1. The van der Waals surface area contributed by atoms with Gasteiger partial charge in [0.1, 0.15) is 0 Å².